The summed E-state index contributed by atoms with van der Waals surface area (Å²) >= 11 is 0. The molecule has 0 aromatic rings. The highest BCUT2D eigenvalue weighted by atomic mass is 16.3. The molecule has 86 valence electrons. The average molecular weight is 212 g/mol. The van der Waals surface area contributed by atoms with E-state index in [2.05, 4.69) is 11.2 Å². The standard InChI is InChI=1S/C11H20N2O2/c1-4-7-12-11(15)10(3)13(5-2)8-6-9-14/h1,10,14H,5-9H2,2-3H3,(H,12,15). The molecule has 0 radical (unpaired) electrons. The second-order valence-electron chi connectivity index (χ2n) is 3.30. The van der Waals surface area contributed by atoms with E-state index in [4.69, 9.17) is 11.5 Å². The van der Waals surface area contributed by atoms with Gasteiger partial charge >= 0.3 is 0 Å². The maximum atomic E-state index is 11.6. The highest BCUT2D eigenvalue weighted by molar-refractivity contribution is 5.81. The van der Waals surface area contributed by atoms with Gasteiger partial charge in [0.15, 0.2) is 0 Å². The van der Waals surface area contributed by atoms with Gasteiger partial charge in [-0.15, -0.1) is 6.42 Å². The van der Waals surface area contributed by atoms with Crippen LogP contribution in [0.1, 0.15) is 20.3 Å². The Morgan fingerprint density at radius 2 is 2.33 bits per heavy atom. The monoisotopic (exact) mass is 212 g/mol. The van der Waals surface area contributed by atoms with E-state index in [1.165, 1.54) is 0 Å². The van der Waals surface area contributed by atoms with Gasteiger partial charge in [-0.25, -0.2) is 0 Å². The molecule has 0 aliphatic rings. The number of carbonyl (C=O) groups excluding carboxylic acids is 1. The number of likely N-dealkylation sites (N-methyl/N-ethyl adjacent to an activating group) is 1. The van der Waals surface area contributed by atoms with Crippen LogP contribution in [0, 0.1) is 12.3 Å². The molecule has 0 rings (SSSR count). The van der Waals surface area contributed by atoms with Gasteiger partial charge in [0.1, 0.15) is 0 Å². The fourth-order valence-corrected chi connectivity index (χ4v) is 1.35. The molecule has 0 aliphatic carbocycles. The van der Waals surface area contributed by atoms with E-state index in [1.807, 2.05) is 18.7 Å². The maximum Gasteiger partial charge on any atom is 0.237 e. The Kier molecular flexibility index (Phi) is 7.69. The van der Waals surface area contributed by atoms with Crippen LogP contribution >= 0.6 is 0 Å². The second-order valence-corrected chi connectivity index (χ2v) is 3.30. The first-order valence-corrected chi connectivity index (χ1v) is 5.23. The number of nitrogens with one attached hydrogen (secondary N) is 1. The molecule has 0 aromatic carbocycles. The molecule has 0 heterocycles. The molecule has 2 N–H and O–H groups in total. The molecule has 15 heavy (non-hydrogen) atoms. The number of rotatable bonds is 7. The summed E-state index contributed by atoms with van der Waals surface area (Å²) in [5.41, 5.74) is 0. The van der Waals surface area contributed by atoms with E-state index >= 15 is 0 Å². The normalized spacial score (nSPS) is 12.2. The Morgan fingerprint density at radius 1 is 1.67 bits per heavy atom. The average Bonchev–Trinajstić information content (AvgIpc) is 2.26. The van der Waals surface area contributed by atoms with Crippen molar-refractivity contribution in [1.82, 2.24) is 10.2 Å². The van der Waals surface area contributed by atoms with Crippen LogP contribution in [0.4, 0.5) is 0 Å². The van der Waals surface area contributed by atoms with Crippen molar-refractivity contribution in [3.8, 4) is 12.3 Å². The van der Waals surface area contributed by atoms with Crippen molar-refractivity contribution < 1.29 is 9.90 Å². The van der Waals surface area contributed by atoms with Gasteiger partial charge < -0.3 is 10.4 Å². The van der Waals surface area contributed by atoms with Gasteiger partial charge in [-0.05, 0) is 19.9 Å². The van der Waals surface area contributed by atoms with E-state index in [9.17, 15) is 4.79 Å². The Balaban J connectivity index is 4.06. The van der Waals surface area contributed by atoms with E-state index in [1.54, 1.807) is 0 Å². The number of hydrogen-bond acceptors (Lipinski definition) is 3. The van der Waals surface area contributed by atoms with Crippen molar-refractivity contribution in [2.45, 2.75) is 26.3 Å². The van der Waals surface area contributed by atoms with Crippen molar-refractivity contribution in [2.24, 2.45) is 0 Å². The third-order valence-corrected chi connectivity index (χ3v) is 2.30. The summed E-state index contributed by atoms with van der Waals surface area (Å²) in [4.78, 5) is 13.6. The number of hydrogen-bond donors (Lipinski definition) is 2. The summed E-state index contributed by atoms with van der Waals surface area (Å²) in [6, 6.07) is -0.199. The molecule has 0 saturated heterocycles. The van der Waals surface area contributed by atoms with Crippen LogP contribution < -0.4 is 5.32 Å². The molecular formula is C11H20N2O2. The molecule has 0 aliphatic heterocycles. The van der Waals surface area contributed by atoms with Crippen LogP contribution in [0.25, 0.3) is 0 Å². The molecule has 0 spiro atoms. The molecule has 0 saturated carbocycles. The largest absolute Gasteiger partial charge is 0.396 e. The van der Waals surface area contributed by atoms with Crippen LogP contribution in [-0.4, -0.2) is 48.2 Å². The van der Waals surface area contributed by atoms with Crippen molar-refractivity contribution in [3.63, 3.8) is 0 Å². The summed E-state index contributed by atoms with van der Waals surface area (Å²) in [5.74, 6) is 2.30. The van der Waals surface area contributed by atoms with Crippen molar-refractivity contribution in [3.05, 3.63) is 0 Å². The number of terminal acetylenes is 1. The van der Waals surface area contributed by atoms with Gasteiger partial charge in [0.2, 0.25) is 5.91 Å². The minimum Gasteiger partial charge on any atom is -0.396 e. The lowest BCUT2D eigenvalue weighted by molar-refractivity contribution is -0.125. The first-order valence-electron chi connectivity index (χ1n) is 5.23. The van der Waals surface area contributed by atoms with Gasteiger partial charge in [-0.2, -0.15) is 0 Å². The minimum atomic E-state index is -0.199. The Hall–Kier alpha value is -1.05. The number of aliphatic hydroxyl groups is 1. The summed E-state index contributed by atoms with van der Waals surface area (Å²) in [7, 11) is 0. The number of carbonyl (C=O) groups is 1. The van der Waals surface area contributed by atoms with E-state index < -0.39 is 0 Å². The second kappa shape index (κ2) is 8.27. The first kappa shape index (κ1) is 13.9. The summed E-state index contributed by atoms with van der Waals surface area (Å²) in [6.07, 6.45) is 5.74. The number of aliphatic hydroxyl groups excluding tert-OH is 1. The smallest absolute Gasteiger partial charge is 0.237 e. The lowest BCUT2D eigenvalue weighted by Crippen LogP contribution is -2.45. The molecule has 0 bridgehead atoms. The predicted octanol–water partition coefficient (Wildman–Crippen LogP) is -0.171. The fourth-order valence-electron chi connectivity index (χ4n) is 1.35. The highest BCUT2D eigenvalue weighted by Crippen LogP contribution is 2.00. The zero-order valence-corrected chi connectivity index (χ0v) is 9.49. The first-order chi connectivity index (χ1) is 7.17. The van der Waals surface area contributed by atoms with Crippen molar-refractivity contribution in [2.75, 3.05) is 26.2 Å². The molecule has 1 unspecified atom stereocenters. The van der Waals surface area contributed by atoms with E-state index in [-0.39, 0.29) is 25.1 Å². The summed E-state index contributed by atoms with van der Waals surface area (Å²) < 4.78 is 0. The van der Waals surface area contributed by atoms with Crippen LogP contribution in [0.15, 0.2) is 0 Å². The number of nitrogens with zero attached hydrogens (tertiary/aromatic N) is 1. The van der Waals surface area contributed by atoms with Gasteiger partial charge in [-0.3, -0.25) is 9.69 Å². The molecule has 0 aromatic heterocycles. The van der Waals surface area contributed by atoms with Crippen LogP contribution in [-0.2, 0) is 4.79 Å². The molecular weight excluding hydrogens is 192 g/mol. The van der Waals surface area contributed by atoms with E-state index in [0.29, 0.717) is 6.42 Å². The van der Waals surface area contributed by atoms with Gasteiger partial charge in [0.05, 0.1) is 12.6 Å². The van der Waals surface area contributed by atoms with Crippen LogP contribution in [0.2, 0.25) is 0 Å². The lowest BCUT2D eigenvalue weighted by atomic mass is 10.2. The minimum absolute atomic E-state index is 0.0623. The van der Waals surface area contributed by atoms with Gasteiger partial charge in [-0.1, -0.05) is 12.8 Å². The highest BCUT2D eigenvalue weighted by Gasteiger charge is 2.18. The zero-order chi connectivity index (χ0) is 11.7. The fraction of sp³-hybridized carbons (Fsp3) is 0.727. The molecule has 4 heteroatoms. The summed E-state index contributed by atoms with van der Waals surface area (Å²) in [5, 5.41) is 11.4. The number of amides is 1. The lowest BCUT2D eigenvalue weighted by Gasteiger charge is -2.26. The summed E-state index contributed by atoms with van der Waals surface area (Å²) in [6.45, 7) is 5.74. The third kappa shape index (κ3) is 5.40. The van der Waals surface area contributed by atoms with Gasteiger partial charge in [0.25, 0.3) is 0 Å². The quantitative estimate of drug-likeness (QED) is 0.576. The molecule has 4 nitrogen and oxygen atoms in total. The molecule has 1 amide bonds. The Morgan fingerprint density at radius 3 is 2.80 bits per heavy atom. The van der Waals surface area contributed by atoms with Crippen LogP contribution in [0.3, 0.4) is 0 Å². The van der Waals surface area contributed by atoms with E-state index in [0.717, 1.165) is 13.1 Å². The molecule has 0 fully saturated rings. The van der Waals surface area contributed by atoms with Crippen molar-refractivity contribution >= 4 is 5.91 Å². The van der Waals surface area contributed by atoms with Crippen LogP contribution in [0.5, 0.6) is 0 Å². The SMILES string of the molecule is C#CCNC(=O)C(C)N(CC)CCCO. The topological polar surface area (TPSA) is 52.6 Å². The van der Waals surface area contributed by atoms with Crippen molar-refractivity contribution in [1.29, 1.82) is 0 Å². The zero-order valence-electron chi connectivity index (χ0n) is 9.49. The maximum absolute atomic E-state index is 11.6. The molecule has 1 atom stereocenters. The predicted molar refractivity (Wildman–Crippen MR) is 60.3 cm³/mol. The Labute approximate surface area is 91.7 Å². The van der Waals surface area contributed by atoms with Gasteiger partial charge in [0, 0.05) is 13.2 Å². The third-order valence-electron chi connectivity index (χ3n) is 2.30. The Bertz CT molecular complexity index is 223.